The lowest BCUT2D eigenvalue weighted by molar-refractivity contribution is -0.150. The molecule has 6 rings (SSSR count). The lowest BCUT2D eigenvalue weighted by atomic mass is 9.93. The third-order valence-corrected chi connectivity index (χ3v) is 10.3. The van der Waals surface area contributed by atoms with Crippen LogP contribution in [0.4, 0.5) is 5.13 Å². The van der Waals surface area contributed by atoms with E-state index in [0.717, 1.165) is 29.8 Å². The molecule has 5 unspecified atom stereocenters. The van der Waals surface area contributed by atoms with E-state index in [1.54, 1.807) is 26.0 Å². The lowest BCUT2D eigenvalue weighted by Crippen LogP contribution is -2.50. The van der Waals surface area contributed by atoms with Crippen LogP contribution in [-0.2, 0) is 19.1 Å². The Hall–Kier alpha value is -4.19. The van der Waals surface area contributed by atoms with Crippen LogP contribution in [0.15, 0.2) is 41.8 Å². The molecule has 256 valence electrons. The number of rotatable bonds is 8. The summed E-state index contributed by atoms with van der Waals surface area (Å²) in [5, 5.41) is 9.95. The molecule has 3 aromatic rings. The van der Waals surface area contributed by atoms with E-state index in [0.29, 0.717) is 54.2 Å². The third-order valence-electron chi connectivity index (χ3n) is 9.48. The number of amides is 2. The summed E-state index contributed by atoms with van der Waals surface area (Å²) in [7, 11) is 3.41. The Kier molecular flexibility index (Phi) is 9.91. The van der Waals surface area contributed by atoms with Crippen molar-refractivity contribution >= 4 is 45.2 Å². The highest BCUT2D eigenvalue weighted by Crippen LogP contribution is 2.47. The molecule has 2 N–H and O–H groups in total. The molecule has 0 spiro atoms. The van der Waals surface area contributed by atoms with Gasteiger partial charge in [0.2, 0.25) is 11.8 Å². The smallest absolute Gasteiger partial charge is 0.332 e. The monoisotopic (exact) mass is 675 g/mol. The first-order valence-corrected chi connectivity index (χ1v) is 17.8. The van der Waals surface area contributed by atoms with Gasteiger partial charge in [-0.15, -0.1) is 11.3 Å². The normalized spacial score (nSPS) is 26.7. The first-order valence-electron chi connectivity index (χ1n) is 16.9. The number of anilines is 1. The fraction of sp³-hybridized carbons (Fsp3) is 0.528. The summed E-state index contributed by atoms with van der Waals surface area (Å²) in [4.78, 5) is 52.5. The molecule has 0 saturated heterocycles. The van der Waals surface area contributed by atoms with Crippen molar-refractivity contribution in [1.82, 2.24) is 20.2 Å². The molecule has 48 heavy (non-hydrogen) atoms. The molecule has 2 fully saturated rings. The number of methoxy groups -OCH3 is 1. The number of fused-ring (bicyclic) bond motifs is 3. The quantitative estimate of drug-likeness (QED) is 0.232. The van der Waals surface area contributed by atoms with Crippen LogP contribution in [0, 0.1) is 17.8 Å². The number of carbonyl (C=O) groups excluding carboxylic acids is 3. The average Bonchev–Trinajstić information content (AvgIpc) is 3.34. The minimum atomic E-state index is -1.10. The molecule has 3 aliphatic rings. The van der Waals surface area contributed by atoms with Crippen molar-refractivity contribution in [3.63, 3.8) is 0 Å². The van der Waals surface area contributed by atoms with Gasteiger partial charge in [-0.1, -0.05) is 12.2 Å². The summed E-state index contributed by atoms with van der Waals surface area (Å²) in [5.74, 6) is -0.949. The van der Waals surface area contributed by atoms with Crippen molar-refractivity contribution in [2.75, 3.05) is 32.6 Å². The van der Waals surface area contributed by atoms with Gasteiger partial charge in [0.1, 0.15) is 28.8 Å². The van der Waals surface area contributed by atoms with Gasteiger partial charge in [-0.05, 0) is 71.4 Å². The maximum atomic E-state index is 14.1. The second-order valence-corrected chi connectivity index (χ2v) is 14.2. The topological polar surface area (TPSA) is 132 Å². The van der Waals surface area contributed by atoms with Gasteiger partial charge in [-0.2, -0.15) is 0 Å². The number of benzene rings is 1. The van der Waals surface area contributed by atoms with Crippen molar-refractivity contribution in [3.8, 4) is 22.9 Å². The molecular formula is C36H45N5O6S. The Morgan fingerprint density at radius 2 is 1.96 bits per heavy atom. The predicted molar refractivity (Wildman–Crippen MR) is 185 cm³/mol. The zero-order chi connectivity index (χ0) is 34.0. The Bertz CT molecular complexity index is 1710. The van der Waals surface area contributed by atoms with Crippen molar-refractivity contribution in [1.29, 1.82) is 0 Å². The molecule has 1 aliphatic heterocycles. The average molecular weight is 676 g/mol. The van der Waals surface area contributed by atoms with E-state index in [-0.39, 0.29) is 30.4 Å². The van der Waals surface area contributed by atoms with E-state index in [9.17, 15) is 14.4 Å². The first kappa shape index (κ1) is 33.7. The Labute approximate surface area is 285 Å². The van der Waals surface area contributed by atoms with Crippen molar-refractivity contribution in [2.24, 2.45) is 17.8 Å². The molecule has 11 nitrogen and oxygen atoms in total. The number of esters is 1. The van der Waals surface area contributed by atoms with Crippen LogP contribution in [-0.4, -0.2) is 77.6 Å². The molecule has 2 aromatic heterocycles. The van der Waals surface area contributed by atoms with Gasteiger partial charge < -0.3 is 29.7 Å². The second-order valence-electron chi connectivity index (χ2n) is 13.3. The van der Waals surface area contributed by atoms with Crippen molar-refractivity contribution in [2.45, 2.75) is 77.0 Å². The fourth-order valence-corrected chi connectivity index (χ4v) is 7.70. The Morgan fingerprint density at radius 3 is 2.73 bits per heavy atom. The number of hydrogen-bond donors (Lipinski definition) is 2. The van der Waals surface area contributed by atoms with Gasteiger partial charge in [0.25, 0.3) is 0 Å². The minimum absolute atomic E-state index is 0.0796. The van der Waals surface area contributed by atoms with E-state index < -0.39 is 29.4 Å². The van der Waals surface area contributed by atoms with Crippen LogP contribution in [0.25, 0.3) is 22.3 Å². The van der Waals surface area contributed by atoms with Gasteiger partial charge in [-0.25, -0.2) is 14.8 Å². The number of thiazole rings is 1. The standard InChI is InChI=1S/C36H45N5O6S/c1-6-46-34(44)36-19-22(36)11-9-7-8-10-14-41(4)33(43)27-16-24(15-26(27)32(42)40-36)47-31-18-29(30-20-48-35(39-30)37-21(2)3)38-28-17-23(45-5)12-13-25(28)31/h9,11-13,17-18,20-22,24,26-27H,6-8,10,14-16,19H2,1-5H3,(H,37,39)(H,40,42)/b11-9-. The van der Waals surface area contributed by atoms with Crippen LogP contribution in [0.5, 0.6) is 11.5 Å². The van der Waals surface area contributed by atoms with E-state index in [4.69, 9.17) is 24.2 Å². The van der Waals surface area contributed by atoms with Crippen LogP contribution < -0.4 is 20.1 Å². The van der Waals surface area contributed by atoms with Gasteiger partial charge in [-0.3, -0.25) is 9.59 Å². The Balaban J connectivity index is 1.32. The molecule has 2 aliphatic carbocycles. The number of nitrogens with one attached hydrogen (secondary N) is 2. The van der Waals surface area contributed by atoms with E-state index >= 15 is 0 Å². The summed E-state index contributed by atoms with van der Waals surface area (Å²) in [5.41, 5.74) is 0.944. The van der Waals surface area contributed by atoms with Gasteiger partial charge in [0.15, 0.2) is 5.13 Å². The first-order chi connectivity index (χ1) is 23.1. The van der Waals surface area contributed by atoms with Crippen molar-refractivity contribution < 1.29 is 28.6 Å². The molecule has 1 aromatic carbocycles. The number of hydrogen-bond acceptors (Lipinski definition) is 10. The molecule has 5 atom stereocenters. The molecular weight excluding hydrogens is 630 g/mol. The highest BCUT2D eigenvalue weighted by molar-refractivity contribution is 7.14. The minimum Gasteiger partial charge on any atom is -0.497 e. The van der Waals surface area contributed by atoms with Crippen LogP contribution >= 0.6 is 11.3 Å². The number of pyridine rings is 1. The number of ether oxygens (including phenoxy) is 3. The Morgan fingerprint density at radius 1 is 1.15 bits per heavy atom. The summed E-state index contributed by atoms with van der Waals surface area (Å²) in [6.45, 7) is 6.72. The summed E-state index contributed by atoms with van der Waals surface area (Å²) in [6, 6.07) is 7.75. The van der Waals surface area contributed by atoms with Gasteiger partial charge in [0, 0.05) is 48.5 Å². The maximum absolute atomic E-state index is 14.1. The van der Waals surface area contributed by atoms with Crippen LogP contribution in [0.2, 0.25) is 0 Å². The fourth-order valence-electron chi connectivity index (χ4n) is 6.85. The lowest BCUT2D eigenvalue weighted by Gasteiger charge is -2.26. The maximum Gasteiger partial charge on any atom is 0.332 e. The summed E-state index contributed by atoms with van der Waals surface area (Å²) >= 11 is 1.51. The SMILES string of the molecule is CCOC(=O)C12CC1/C=C\CCCCN(C)C(=O)C1CC(Oc3cc(-c4csc(NC(C)C)n4)nc4cc(OC)ccc34)CC1C(=O)N2. The summed E-state index contributed by atoms with van der Waals surface area (Å²) < 4.78 is 17.6. The predicted octanol–water partition coefficient (Wildman–Crippen LogP) is 5.60. The van der Waals surface area contributed by atoms with Crippen LogP contribution in [0.3, 0.4) is 0 Å². The molecule has 0 bridgehead atoms. The zero-order valence-corrected chi connectivity index (χ0v) is 29.1. The molecule has 2 saturated carbocycles. The highest BCUT2D eigenvalue weighted by Gasteiger charge is 2.62. The molecule has 2 amide bonds. The molecule has 3 heterocycles. The summed E-state index contributed by atoms with van der Waals surface area (Å²) in [6.07, 6.45) is 7.47. The zero-order valence-electron chi connectivity index (χ0n) is 28.3. The van der Waals surface area contributed by atoms with E-state index in [2.05, 4.69) is 30.6 Å². The van der Waals surface area contributed by atoms with Gasteiger partial charge in [0.05, 0.1) is 36.8 Å². The molecule has 0 radical (unpaired) electrons. The number of carbonyl (C=O) groups is 3. The number of aromatic nitrogens is 2. The van der Waals surface area contributed by atoms with Crippen LogP contribution in [0.1, 0.15) is 59.3 Å². The number of allylic oxidation sites excluding steroid dienone is 1. The van der Waals surface area contributed by atoms with E-state index in [1.807, 2.05) is 35.7 Å². The van der Waals surface area contributed by atoms with Crippen molar-refractivity contribution in [3.05, 3.63) is 41.8 Å². The molecule has 12 heteroatoms. The van der Waals surface area contributed by atoms with E-state index in [1.165, 1.54) is 11.3 Å². The van der Waals surface area contributed by atoms with Gasteiger partial charge >= 0.3 is 5.97 Å². The largest absolute Gasteiger partial charge is 0.497 e. The number of nitrogens with zero attached hydrogens (tertiary/aromatic N) is 3. The highest BCUT2D eigenvalue weighted by atomic mass is 32.1. The second kappa shape index (κ2) is 14.1. The third kappa shape index (κ3) is 6.99.